The number of benzene rings is 1. The zero-order valence-electron chi connectivity index (χ0n) is 13.4. The molecule has 0 fully saturated rings. The number of aromatic amines is 1. The van der Waals surface area contributed by atoms with E-state index in [9.17, 15) is 9.59 Å². The Morgan fingerprint density at radius 1 is 1.36 bits per heavy atom. The molecule has 25 heavy (non-hydrogen) atoms. The molecule has 0 atom stereocenters. The van der Waals surface area contributed by atoms with Gasteiger partial charge in [0.1, 0.15) is 11.4 Å². The molecule has 0 saturated carbocycles. The first-order valence-electron chi connectivity index (χ1n) is 7.45. The molecule has 3 aromatic rings. The van der Waals surface area contributed by atoms with Crippen LogP contribution in [0.1, 0.15) is 16.1 Å². The highest BCUT2D eigenvalue weighted by molar-refractivity contribution is 7.14. The van der Waals surface area contributed by atoms with Crippen molar-refractivity contribution >= 4 is 28.3 Å². The van der Waals surface area contributed by atoms with Crippen LogP contribution < -0.4 is 15.8 Å². The minimum absolute atomic E-state index is 0.103. The Kier molecular flexibility index (Phi) is 4.80. The summed E-state index contributed by atoms with van der Waals surface area (Å²) < 4.78 is 5.45. The van der Waals surface area contributed by atoms with Gasteiger partial charge in [-0.3, -0.25) is 14.9 Å². The third-order valence-corrected chi connectivity index (χ3v) is 4.11. The van der Waals surface area contributed by atoms with E-state index < -0.39 is 5.91 Å². The van der Waals surface area contributed by atoms with Gasteiger partial charge in [-0.1, -0.05) is 12.1 Å². The highest BCUT2D eigenvalue weighted by Gasteiger charge is 2.11. The minimum atomic E-state index is -0.539. The summed E-state index contributed by atoms with van der Waals surface area (Å²) in [4.78, 5) is 30.2. The molecule has 128 valence electrons. The molecule has 0 aliphatic heterocycles. The summed E-state index contributed by atoms with van der Waals surface area (Å²) in [5.74, 6) is -0.195. The Morgan fingerprint density at radius 3 is 2.92 bits per heavy atom. The highest BCUT2D eigenvalue weighted by Crippen LogP contribution is 2.25. The van der Waals surface area contributed by atoms with Gasteiger partial charge in [0.15, 0.2) is 11.7 Å². The smallest absolute Gasteiger partial charge is 0.265 e. The van der Waals surface area contributed by atoms with Crippen molar-refractivity contribution < 1.29 is 14.3 Å². The molecule has 2 amide bonds. The number of anilines is 1. The summed E-state index contributed by atoms with van der Waals surface area (Å²) in [7, 11) is 0. The molecule has 0 aliphatic carbocycles. The Morgan fingerprint density at radius 2 is 2.20 bits per heavy atom. The normalized spacial score (nSPS) is 10.4. The number of nitrogens with one attached hydrogen (secondary N) is 2. The van der Waals surface area contributed by atoms with Crippen molar-refractivity contribution in [1.29, 1.82) is 0 Å². The van der Waals surface area contributed by atoms with Crippen LogP contribution >= 0.6 is 11.3 Å². The zero-order valence-corrected chi connectivity index (χ0v) is 14.2. The van der Waals surface area contributed by atoms with Gasteiger partial charge in [0.05, 0.1) is 5.69 Å². The number of nitrogens with two attached hydrogens (primary N) is 1. The standard InChI is InChI=1S/C17H16N4O3S/c1-10-3-2-4-12(5-10)24-8-15(22)21-17-20-14(9-25-17)11-6-13(16(18)23)19-7-11/h2-7,9,19H,8H2,1H3,(H2,18,23)(H,20,21,22). The Hall–Kier alpha value is -3.13. The first-order valence-corrected chi connectivity index (χ1v) is 8.32. The van der Waals surface area contributed by atoms with E-state index in [0.29, 0.717) is 22.3 Å². The Bertz CT molecular complexity index is 916. The number of hydrogen-bond donors (Lipinski definition) is 3. The summed E-state index contributed by atoms with van der Waals surface area (Å²) >= 11 is 1.29. The van der Waals surface area contributed by atoms with E-state index >= 15 is 0 Å². The van der Waals surface area contributed by atoms with Crippen molar-refractivity contribution in [3.8, 4) is 17.0 Å². The van der Waals surface area contributed by atoms with Crippen LogP contribution in [0.4, 0.5) is 5.13 Å². The summed E-state index contributed by atoms with van der Waals surface area (Å²) in [5.41, 5.74) is 7.94. The van der Waals surface area contributed by atoms with E-state index in [1.165, 1.54) is 11.3 Å². The molecule has 7 nitrogen and oxygen atoms in total. The van der Waals surface area contributed by atoms with Gasteiger partial charge in [0.25, 0.3) is 11.8 Å². The quantitative estimate of drug-likeness (QED) is 0.630. The molecule has 0 bridgehead atoms. The number of carbonyl (C=O) groups excluding carboxylic acids is 2. The van der Waals surface area contributed by atoms with Gasteiger partial charge in [-0.05, 0) is 30.7 Å². The van der Waals surface area contributed by atoms with E-state index in [1.54, 1.807) is 23.7 Å². The number of carbonyl (C=O) groups is 2. The van der Waals surface area contributed by atoms with E-state index in [1.807, 2.05) is 25.1 Å². The maximum Gasteiger partial charge on any atom is 0.265 e. The van der Waals surface area contributed by atoms with Gasteiger partial charge >= 0.3 is 0 Å². The second kappa shape index (κ2) is 7.18. The lowest BCUT2D eigenvalue weighted by Crippen LogP contribution is -2.20. The van der Waals surface area contributed by atoms with Crippen molar-refractivity contribution in [2.45, 2.75) is 6.92 Å². The lowest BCUT2D eigenvalue weighted by molar-refractivity contribution is -0.118. The largest absolute Gasteiger partial charge is 0.484 e. The highest BCUT2D eigenvalue weighted by atomic mass is 32.1. The number of H-pyrrole nitrogens is 1. The van der Waals surface area contributed by atoms with Crippen LogP contribution in [0.15, 0.2) is 41.9 Å². The maximum absolute atomic E-state index is 12.0. The number of nitrogens with zero attached hydrogens (tertiary/aromatic N) is 1. The lowest BCUT2D eigenvalue weighted by Gasteiger charge is -2.06. The second-order valence-electron chi connectivity index (χ2n) is 5.36. The maximum atomic E-state index is 12.0. The molecule has 4 N–H and O–H groups in total. The molecule has 8 heteroatoms. The molecule has 3 rings (SSSR count). The number of ether oxygens (including phenoxy) is 1. The van der Waals surface area contributed by atoms with Gasteiger partial charge in [0.2, 0.25) is 0 Å². The molecule has 2 aromatic heterocycles. The van der Waals surface area contributed by atoms with Gasteiger partial charge in [-0.25, -0.2) is 4.98 Å². The summed E-state index contributed by atoms with van der Waals surface area (Å²) in [6.07, 6.45) is 1.64. The first kappa shape index (κ1) is 16.7. The number of aromatic nitrogens is 2. The Labute approximate surface area is 147 Å². The van der Waals surface area contributed by atoms with E-state index in [0.717, 1.165) is 11.1 Å². The number of rotatable bonds is 6. The molecule has 0 saturated heterocycles. The van der Waals surface area contributed by atoms with Crippen LogP contribution in [-0.2, 0) is 4.79 Å². The topological polar surface area (TPSA) is 110 Å². The summed E-state index contributed by atoms with van der Waals surface area (Å²) in [5, 5.41) is 4.92. The van der Waals surface area contributed by atoms with Crippen molar-refractivity contribution in [2.24, 2.45) is 5.73 Å². The number of hydrogen-bond acceptors (Lipinski definition) is 5. The van der Waals surface area contributed by atoms with Crippen molar-refractivity contribution in [3.63, 3.8) is 0 Å². The average Bonchev–Trinajstić information content (AvgIpc) is 3.22. The first-order chi connectivity index (χ1) is 12.0. The summed E-state index contributed by atoms with van der Waals surface area (Å²) in [6.45, 7) is 1.85. The molecule has 0 radical (unpaired) electrons. The van der Waals surface area contributed by atoms with E-state index in [2.05, 4.69) is 15.3 Å². The summed E-state index contributed by atoms with van der Waals surface area (Å²) in [6, 6.07) is 9.09. The predicted molar refractivity (Wildman–Crippen MR) is 95.7 cm³/mol. The number of aryl methyl sites for hydroxylation is 1. The second-order valence-corrected chi connectivity index (χ2v) is 6.22. The molecular weight excluding hydrogens is 340 g/mol. The predicted octanol–water partition coefficient (Wildman–Crippen LogP) is 2.56. The third-order valence-electron chi connectivity index (χ3n) is 3.35. The number of thiazole rings is 1. The molecule has 1 aromatic carbocycles. The van der Waals surface area contributed by atoms with Crippen LogP contribution in [0.5, 0.6) is 5.75 Å². The van der Waals surface area contributed by atoms with E-state index in [4.69, 9.17) is 10.5 Å². The molecule has 0 unspecified atom stereocenters. The fraction of sp³-hybridized carbons (Fsp3) is 0.118. The fourth-order valence-electron chi connectivity index (χ4n) is 2.16. The van der Waals surface area contributed by atoms with Crippen molar-refractivity contribution in [3.05, 3.63) is 53.2 Å². The lowest BCUT2D eigenvalue weighted by atomic mass is 10.2. The van der Waals surface area contributed by atoms with Crippen LogP contribution in [0.2, 0.25) is 0 Å². The molecule has 0 spiro atoms. The SMILES string of the molecule is Cc1cccc(OCC(=O)Nc2nc(-c3c[nH]c(C(N)=O)c3)cs2)c1. The monoisotopic (exact) mass is 356 g/mol. The third kappa shape index (κ3) is 4.24. The number of primary amides is 1. The van der Waals surface area contributed by atoms with Crippen molar-refractivity contribution in [2.75, 3.05) is 11.9 Å². The van der Waals surface area contributed by atoms with Crippen LogP contribution in [-0.4, -0.2) is 28.4 Å². The average molecular weight is 356 g/mol. The van der Waals surface area contributed by atoms with Crippen LogP contribution in [0.25, 0.3) is 11.3 Å². The molecule has 2 heterocycles. The van der Waals surface area contributed by atoms with E-state index in [-0.39, 0.29) is 12.5 Å². The van der Waals surface area contributed by atoms with Crippen molar-refractivity contribution in [1.82, 2.24) is 9.97 Å². The van der Waals surface area contributed by atoms with Gasteiger partial charge < -0.3 is 15.5 Å². The van der Waals surface area contributed by atoms with Crippen LogP contribution in [0, 0.1) is 6.92 Å². The van der Waals surface area contributed by atoms with Gasteiger partial charge in [0, 0.05) is 17.1 Å². The Balaban J connectivity index is 1.58. The zero-order chi connectivity index (χ0) is 17.8. The molecular formula is C17H16N4O3S. The fourth-order valence-corrected chi connectivity index (χ4v) is 2.89. The van der Waals surface area contributed by atoms with Gasteiger partial charge in [-0.15, -0.1) is 11.3 Å². The minimum Gasteiger partial charge on any atom is -0.484 e. The molecule has 0 aliphatic rings. The van der Waals surface area contributed by atoms with Crippen LogP contribution in [0.3, 0.4) is 0 Å². The number of amides is 2. The van der Waals surface area contributed by atoms with Gasteiger partial charge in [-0.2, -0.15) is 0 Å².